The summed E-state index contributed by atoms with van der Waals surface area (Å²) in [6, 6.07) is 3.57. The highest BCUT2D eigenvalue weighted by molar-refractivity contribution is 5.95. The van der Waals surface area contributed by atoms with Crippen molar-refractivity contribution in [1.29, 1.82) is 0 Å². The lowest BCUT2D eigenvalue weighted by Gasteiger charge is -2.19. The van der Waals surface area contributed by atoms with Gasteiger partial charge in [-0.25, -0.2) is 4.98 Å². The van der Waals surface area contributed by atoms with Crippen molar-refractivity contribution < 1.29 is 13.6 Å². The Morgan fingerprint density at radius 1 is 1.43 bits per heavy atom. The van der Waals surface area contributed by atoms with Crippen LogP contribution in [0.5, 0.6) is 0 Å². The second-order valence-electron chi connectivity index (χ2n) is 5.85. The zero-order chi connectivity index (χ0) is 16.6. The Morgan fingerprint density at radius 2 is 2.17 bits per heavy atom. The monoisotopic (exact) mass is 320 g/mol. The summed E-state index contributed by atoms with van der Waals surface area (Å²) in [5.74, 6) is 0.275. The molecule has 0 unspecified atom stereocenters. The number of rotatable bonds is 5. The summed E-state index contributed by atoms with van der Waals surface area (Å²) in [4.78, 5) is 22.5. The number of hydrogen-bond donors (Lipinski definition) is 0. The summed E-state index contributed by atoms with van der Waals surface area (Å²) in [6.07, 6.45) is 4.59. The number of carbonyl (C=O) groups excluding carboxylic acids is 1. The summed E-state index contributed by atoms with van der Waals surface area (Å²) in [5, 5.41) is 0. The molecule has 0 aliphatic heterocycles. The smallest absolute Gasteiger partial charge is 0.319 e. The first-order valence-electron chi connectivity index (χ1n) is 7.50. The second kappa shape index (κ2) is 6.06. The van der Waals surface area contributed by atoms with Crippen molar-refractivity contribution in [3.63, 3.8) is 0 Å². The van der Waals surface area contributed by atoms with Crippen LogP contribution < -0.4 is 0 Å². The predicted octanol–water partition coefficient (Wildman–Crippen LogP) is 3.13. The number of amides is 1. The van der Waals surface area contributed by atoms with E-state index in [1.54, 1.807) is 19.2 Å². The topological polar surface area (TPSA) is 51.0 Å². The minimum absolute atomic E-state index is 0.0220. The Hall–Kier alpha value is -2.31. The fraction of sp³-hybridized carbons (Fsp3) is 0.438. The number of alkyl halides is 2. The Morgan fingerprint density at radius 3 is 2.83 bits per heavy atom. The van der Waals surface area contributed by atoms with Crippen LogP contribution in [0.2, 0.25) is 0 Å². The minimum Gasteiger partial charge on any atom is -0.334 e. The average Bonchev–Trinajstić information content (AvgIpc) is 3.25. The number of hydrogen-bond acceptors (Lipinski definition) is 3. The molecule has 1 aliphatic carbocycles. The van der Waals surface area contributed by atoms with E-state index in [4.69, 9.17) is 0 Å². The maximum Gasteiger partial charge on any atom is 0.319 e. The highest BCUT2D eigenvalue weighted by Gasteiger charge is 2.30. The standard InChI is InChI=1S/C16H18F2N4O/c1-10-3-6-12(14(20-10)11-4-5-11)15(23)21(2)9-13-19-7-8-22(13)16(17)18/h3,6-8,11,16H,4-5,9H2,1-2H3. The average molecular weight is 320 g/mol. The van der Waals surface area contributed by atoms with Crippen molar-refractivity contribution in [2.24, 2.45) is 0 Å². The SMILES string of the molecule is Cc1ccc(C(=O)N(C)Cc2nccn2C(F)F)c(C2CC2)n1. The third-order valence-electron chi connectivity index (χ3n) is 3.94. The molecule has 5 nitrogen and oxygen atoms in total. The van der Waals surface area contributed by atoms with E-state index in [1.165, 1.54) is 17.3 Å². The minimum atomic E-state index is -2.67. The van der Waals surface area contributed by atoms with E-state index >= 15 is 0 Å². The summed E-state index contributed by atoms with van der Waals surface area (Å²) in [7, 11) is 1.59. The lowest BCUT2D eigenvalue weighted by molar-refractivity contribution is 0.0612. The third kappa shape index (κ3) is 3.23. The van der Waals surface area contributed by atoms with Crippen molar-refractivity contribution in [3.05, 3.63) is 47.3 Å². The van der Waals surface area contributed by atoms with Gasteiger partial charge in [0.25, 0.3) is 5.91 Å². The van der Waals surface area contributed by atoms with Crippen LogP contribution in [0.25, 0.3) is 0 Å². The molecule has 0 aromatic carbocycles. The van der Waals surface area contributed by atoms with Gasteiger partial charge in [0.05, 0.1) is 17.8 Å². The molecule has 1 fully saturated rings. The first-order valence-corrected chi connectivity index (χ1v) is 7.50. The molecule has 0 N–H and O–H groups in total. The zero-order valence-corrected chi connectivity index (χ0v) is 13.0. The molecular weight excluding hydrogens is 302 g/mol. The molecule has 2 aromatic heterocycles. The Labute approximate surface area is 133 Å². The van der Waals surface area contributed by atoms with Crippen molar-refractivity contribution in [1.82, 2.24) is 19.4 Å². The zero-order valence-electron chi connectivity index (χ0n) is 13.0. The molecule has 0 spiro atoms. The maximum atomic E-state index is 12.9. The van der Waals surface area contributed by atoms with Gasteiger partial charge in [-0.05, 0) is 31.9 Å². The summed E-state index contributed by atoms with van der Waals surface area (Å²) >= 11 is 0. The van der Waals surface area contributed by atoms with Crippen LogP contribution in [0.4, 0.5) is 8.78 Å². The molecule has 1 amide bonds. The molecule has 2 heterocycles. The number of nitrogens with zero attached hydrogens (tertiary/aromatic N) is 4. The first kappa shape index (κ1) is 15.6. The summed E-state index contributed by atoms with van der Waals surface area (Å²) in [6.45, 7) is -0.753. The van der Waals surface area contributed by atoms with Crippen molar-refractivity contribution in [2.45, 2.75) is 38.8 Å². The van der Waals surface area contributed by atoms with Gasteiger partial charge in [0.2, 0.25) is 0 Å². The van der Waals surface area contributed by atoms with Gasteiger partial charge in [0, 0.05) is 31.1 Å². The third-order valence-corrected chi connectivity index (χ3v) is 3.94. The number of aryl methyl sites for hydroxylation is 1. The number of carbonyl (C=O) groups is 1. The van der Waals surface area contributed by atoms with Crippen LogP contribution >= 0.6 is 0 Å². The molecule has 2 aromatic rings. The molecule has 0 saturated heterocycles. The van der Waals surface area contributed by atoms with Crippen LogP contribution in [0, 0.1) is 6.92 Å². The molecule has 0 radical (unpaired) electrons. The largest absolute Gasteiger partial charge is 0.334 e. The maximum absolute atomic E-state index is 12.9. The van der Waals surface area contributed by atoms with Crippen molar-refractivity contribution >= 4 is 5.91 Å². The van der Waals surface area contributed by atoms with E-state index in [1.807, 2.05) is 6.92 Å². The van der Waals surface area contributed by atoms with Crippen molar-refractivity contribution in [3.8, 4) is 0 Å². The Kier molecular flexibility index (Phi) is 4.11. The molecule has 0 bridgehead atoms. The van der Waals surface area contributed by atoms with Crippen LogP contribution in [0.3, 0.4) is 0 Å². The fourth-order valence-corrected chi connectivity index (χ4v) is 2.56. The van der Waals surface area contributed by atoms with Gasteiger partial charge in [-0.15, -0.1) is 0 Å². The molecule has 23 heavy (non-hydrogen) atoms. The number of pyridine rings is 1. The van der Waals surface area contributed by atoms with Gasteiger partial charge in [-0.1, -0.05) is 0 Å². The molecule has 1 aliphatic rings. The van der Waals surface area contributed by atoms with Crippen LogP contribution in [0.15, 0.2) is 24.5 Å². The van der Waals surface area contributed by atoms with Gasteiger partial charge in [0.15, 0.2) is 0 Å². The van der Waals surface area contributed by atoms with Gasteiger partial charge in [0.1, 0.15) is 5.82 Å². The summed E-state index contributed by atoms with van der Waals surface area (Å²) < 4.78 is 26.5. The highest BCUT2D eigenvalue weighted by atomic mass is 19.3. The van der Waals surface area contributed by atoms with E-state index in [2.05, 4.69) is 9.97 Å². The van der Waals surface area contributed by atoms with Gasteiger partial charge < -0.3 is 4.90 Å². The van der Waals surface area contributed by atoms with Crippen LogP contribution in [-0.4, -0.2) is 32.4 Å². The highest BCUT2D eigenvalue weighted by Crippen LogP contribution is 2.40. The number of halogens is 2. The molecule has 3 rings (SSSR count). The number of imidazole rings is 1. The van der Waals surface area contributed by atoms with Crippen LogP contribution in [0.1, 0.15) is 52.9 Å². The predicted molar refractivity (Wildman–Crippen MR) is 80.2 cm³/mol. The normalized spacial score (nSPS) is 14.3. The molecule has 1 saturated carbocycles. The molecule has 0 atom stereocenters. The van der Waals surface area contributed by atoms with E-state index in [0.717, 1.165) is 28.8 Å². The van der Waals surface area contributed by atoms with E-state index in [0.29, 0.717) is 11.5 Å². The molecular formula is C16H18F2N4O. The Balaban J connectivity index is 1.81. The fourth-order valence-electron chi connectivity index (χ4n) is 2.56. The van der Waals surface area contributed by atoms with Gasteiger partial charge in [-0.2, -0.15) is 8.78 Å². The first-order chi connectivity index (χ1) is 11.0. The lowest BCUT2D eigenvalue weighted by atomic mass is 10.1. The lowest BCUT2D eigenvalue weighted by Crippen LogP contribution is -2.29. The van der Waals surface area contributed by atoms with Gasteiger partial charge in [-0.3, -0.25) is 14.3 Å². The number of aromatic nitrogens is 3. The molecule has 122 valence electrons. The van der Waals surface area contributed by atoms with E-state index in [-0.39, 0.29) is 18.3 Å². The van der Waals surface area contributed by atoms with E-state index in [9.17, 15) is 13.6 Å². The quantitative estimate of drug-likeness (QED) is 0.850. The summed E-state index contributed by atoms with van der Waals surface area (Å²) in [5.41, 5.74) is 2.24. The Bertz CT molecular complexity index is 725. The molecule has 7 heteroatoms. The van der Waals surface area contributed by atoms with Gasteiger partial charge >= 0.3 is 6.55 Å². The van der Waals surface area contributed by atoms with Crippen LogP contribution in [-0.2, 0) is 6.54 Å². The van der Waals surface area contributed by atoms with Crippen molar-refractivity contribution in [2.75, 3.05) is 7.05 Å². The van der Waals surface area contributed by atoms with E-state index < -0.39 is 6.55 Å². The second-order valence-corrected chi connectivity index (χ2v) is 5.85.